The summed E-state index contributed by atoms with van der Waals surface area (Å²) in [5.41, 5.74) is 1.91. The number of hydrogen-bond acceptors (Lipinski definition) is 5. The lowest BCUT2D eigenvalue weighted by molar-refractivity contribution is 0.0123. The predicted octanol–water partition coefficient (Wildman–Crippen LogP) is 3.81. The zero-order chi connectivity index (χ0) is 18.0. The topological polar surface area (TPSA) is 65.0 Å². The number of benzene rings is 1. The molecule has 6 heteroatoms. The molecule has 0 aromatic heterocycles. The van der Waals surface area contributed by atoms with Gasteiger partial charge in [-0.05, 0) is 46.3 Å². The first kappa shape index (κ1) is 18.5. The van der Waals surface area contributed by atoms with E-state index in [1.165, 1.54) is 0 Å². The van der Waals surface area contributed by atoms with Gasteiger partial charge >= 0.3 is 0 Å². The van der Waals surface area contributed by atoms with Crippen LogP contribution in [0.1, 0.15) is 46.6 Å². The van der Waals surface area contributed by atoms with Crippen molar-refractivity contribution in [2.75, 3.05) is 12.4 Å². The summed E-state index contributed by atoms with van der Waals surface area (Å²) in [7, 11) is -3.54. The van der Waals surface area contributed by atoms with Crippen LogP contribution in [0.4, 0.5) is 0 Å². The Morgan fingerprint density at radius 2 is 1.96 bits per heavy atom. The van der Waals surface area contributed by atoms with E-state index >= 15 is 0 Å². The Morgan fingerprint density at radius 1 is 1.29 bits per heavy atom. The zero-order valence-electron chi connectivity index (χ0n) is 14.9. The number of nitrogens with zero attached hydrogens (tertiary/aromatic N) is 1. The van der Waals surface area contributed by atoms with E-state index < -0.39 is 15.4 Å². The number of hydrogen-bond donors (Lipinski definition) is 0. The monoisotopic (exact) mass is 351 g/mol. The lowest BCUT2D eigenvalue weighted by Gasteiger charge is -2.16. The minimum atomic E-state index is -3.54. The third kappa shape index (κ3) is 4.17. The van der Waals surface area contributed by atoms with E-state index in [0.717, 1.165) is 16.7 Å². The fraction of sp³-hybridized carbons (Fsp3) is 0.500. The number of para-hydroxylation sites is 1. The van der Waals surface area contributed by atoms with E-state index in [1.54, 1.807) is 0 Å². The minimum absolute atomic E-state index is 0.111. The molecule has 0 unspecified atom stereocenters. The van der Waals surface area contributed by atoms with Gasteiger partial charge in [-0.3, -0.25) is 0 Å². The first-order chi connectivity index (χ1) is 11.2. The second-order valence-corrected chi connectivity index (χ2v) is 8.67. The Balaban J connectivity index is 2.37. The maximum Gasteiger partial charge on any atom is 0.199 e. The van der Waals surface area contributed by atoms with Crippen molar-refractivity contribution in [3.63, 3.8) is 0 Å². The van der Waals surface area contributed by atoms with Gasteiger partial charge in [-0.25, -0.2) is 8.42 Å². The summed E-state index contributed by atoms with van der Waals surface area (Å²) in [5, 5.41) is 3.91. The van der Waals surface area contributed by atoms with Gasteiger partial charge in [0.25, 0.3) is 0 Å². The molecule has 1 aromatic rings. The summed E-state index contributed by atoms with van der Waals surface area (Å²) >= 11 is 0. The molecule has 0 atom stereocenters. The lowest BCUT2D eigenvalue weighted by Crippen LogP contribution is -2.24. The van der Waals surface area contributed by atoms with Gasteiger partial charge in [-0.1, -0.05) is 28.9 Å². The molecule has 1 aliphatic rings. The van der Waals surface area contributed by atoms with Gasteiger partial charge in [-0.2, -0.15) is 0 Å². The van der Waals surface area contributed by atoms with Crippen LogP contribution in [0, 0.1) is 0 Å². The molecule has 1 aliphatic heterocycles. The van der Waals surface area contributed by atoms with Gasteiger partial charge in [0, 0.05) is 12.0 Å². The van der Waals surface area contributed by atoms with Crippen molar-refractivity contribution in [1.29, 1.82) is 0 Å². The molecule has 0 radical (unpaired) electrons. The summed E-state index contributed by atoms with van der Waals surface area (Å²) in [6.45, 7) is 9.89. The maximum absolute atomic E-state index is 12.8. The molecule has 0 N–H and O–H groups in total. The smallest absolute Gasteiger partial charge is 0.199 e. The van der Waals surface area contributed by atoms with Crippen LogP contribution in [0.2, 0.25) is 0 Å². The highest BCUT2D eigenvalue weighted by Crippen LogP contribution is 2.32. The normalized spacial score (nSPS) is 16.3. The van der Waals surface area contributed by atoms with Crippen LogP contribution in [-0.2, 0) is 14.7 Å². The molecule has 0 saturated carbocycles. The molecule has 1 aromatic carbocycles. The van der Waals surface area contributed by atoms with Crippen LogP contribution in [0.5, 0.6) is 5.75 Å². The van der Waals surface area contributed by atoms with E-state index in [4.69, 9.17) is 9.57 Å². The number of allylic oxidation sites excluding steroid dienone is 1. The van der Waals surface area contributed by atoms with Gasteiger partial charge in [0.1, 0.15) is 11.4 Å². The highest BCUT2D eigenvalue weighted by Gasteiger charge is 2.36. The molecule has 24 heavy (non-hydrogen) atoms. The fourth-order valence-corrected chi connectivity index (χ4v) is 4.24. The SMILES string of the molecule is CCOc1ccccc1C(CS(=O)(=O)C1=NOC(C)(C)C1)=C(C)C. The Morgan fingerprint density at radius 3 is 2.50 bits per heavy atom. The third-order valence-electron chi connectivity index (χ3n) is 3.78. The third-order valence-corrected chi connectivity index (χ3v) is 5.39. The van der Waals surface area contributed by atoms with Crippen LogP contribution >= 0.6 is 0 Å². The summed E-state index contributed by atoms with van der Waals surface area (Å²) in [6, 6.07) is 7.50. The van der Waals surface area contributed by atoms with Crippen LogP contribution < -0.4 is 4.74 Å². The van der Waals surface area contributed by atoms with Gasteiger partial charge in [0.2, 0.25) is 0 Å². The highest BCUT2D eigenvalue weighted by atomic mass is 32.2. The van der Waals surface area contributed by atoms with E-state index in [1.807, 2.05) is 58.9 Å². The summed E-state index contributed by atoms with van der Waals surface area (Å²) < 4.78 is 31.2. The zero-order valence-corrected chi connectivity index (χ0v) is 15.7. The van der Waals surface area contributed by atoms with Crippen molar-refractivity contribution in [3.05, 3.63) is 35.4 Å². The molecule has 0 fully saturated rings. The maximum atomic E-state index is 12.8. The van der Waals surface area contributed by atoms with Crippen LogP contribution in [0.15, 0.2) is 35.0 Å². The van der Waals surface area contributed by atoms with E-state index in [0.29, 0.717) is 18.8 Å². The van der Waals surface area contributed by atoms with Crippen molar-refractivity contribution < 1.29 is 18.0 Å². The average Bonchev–Trinajstić information content (AvgIpc) is 2.87. The summed E-state index contributed by atoms with van der Waals surface area (Å²) in [6.07, 6.45) is 0.290. The number of oxime groups is 1. The Bertz CT molecular complexity index is 772. The molecular formula is C18H25NO4S. The summed E-state index contributed by atoms with van der Waals surface area (Å²) in [4.78, 5) is 5.22. The quantitative estimate of drug-likeness (QED) is 0.809. The fourth-order valence-electron chi connectivity index (χ4n) is 2.53. The van der Waals surface area contributed by atoms with Gasteiger partial charge in [0.05, 0.1) is 12.4 Å². The van der Waals surface area contributed by atoms with Crippen molar-refractivity contribution in [2.24, 2.45) is 5.16 Å². The number of ether oxygens (including phenoxy) is 1. The van der Waals surface area contributed by atoms with Crippen molar-refractivity contribution >= 4 is 20.5 Å². The first-order valence-electron chi connectivity index (χ1n) is 8.02. The number of rotatable bonds is 5. The van der Waals surface area contributed by atoms with Crippen LogP contribution in [0.25, 0.3) is 5.57 Å². The van der Waals surface area contributed by atoms with Crippen molar-refractivity contribution in [3.8, 4) is 5.75 Å². The van der Waals surface area contributed by atoms with E-state index in [2.05, 4.69) is 5.16 Å². The molecule has 0 amide bonds. The molecule has 2 rings (SSSR count). The standard InChI is InChI=1S/C18H25NO4S/c1-6-22-16-10-8-7-9-14(16)15(13(2)3)12-24(20,21)17-11-18(4,5)23-19-17/h7-10H,6,11-12H2,1-5H3. The molecule has 0 saturated heterocycles. The van der Waals surface area contributed by atoms with Crippen molar-refractivity contribution in [2.45, 2.75) is 46.6 Å². The Hall–Kier alpha value is -1.82. The highest BCUT2D eigenvalue weighted by molar-refractivity contribution is 8.06. The van der Waals surface area contributed by atoms with E-state index in [-0.39, 0.29) is 10.8 Å². The van der Waals surface area contributed by atoms with Crippen LogP contribution in [-0.4, -0.2) is 31.4 Å². The van der Waals surface area contributed by atoms with Crippen molar-refractivity contribution in [1.82, 2.24) is 0 Å². The predicted molar refractivity (Wildman–Crippen MR) is 96.9 cm³/mol. The number of sulfone groups is 1. The molecule has 1 heterocycles. The Labute approximate surface area is 144 Å². The molecule has 0 bridgehead atoms. The molecule has 0 spiro atoms. The van der Waals surface area contributed by atoms with Gasteiger partial charge in [-0.15, -0.1) is 0 Å². The van der Waals surface area contributed by atoms with E-state index in [9.17, 15) is 8.42 Å². The van der Waals surface area contributed by atoms with Gasteiger partial charge < -0.3 is 9.57 Å². The largest absolute Gasteiger partial charge is 0.493 e. The Kier molecular flexibility index (Phi) is 5.38. The molecule has 0 aliphatic carbocycles. The second kappa shape index (κ2) is 6.97. The van der Waals surface area contributed by atoms with Crippen LogP contribution in [0.3, 0.4) is 0 Å². The summed E-state index contributed by atoms with van der Waals surface area (Å²) in [5.74, 6) is 0.578. The molecular weight excluding hydrogens is 326 g/mol. The second-order valence-electron chi connectivity index (χ2n) is 6.68. The lowest BCUT2D eigenvalue weighted by atomic mass is 10.0. The molecule has 5 nitrogen and oxygen atoms in total. The average molecular weight is 351 g/mol. The minimum Gasteiger partial charge on any atom is -0.493 e. The first-order valence-corrected chi connectivity index (χ1v) is 9.68. The molecule has 132 valence electrons. The van der Waals surface area contributed by atoms with Gasteiger partial charge in [0.15, 0.2) is 14.9 Å².